The largest absolute Gasteiger partial charge is 0.503 e. The number of nitrogens with one attached hydrogen (secondary N) is 1. The number of halogens is 1. The lowest BCUT2D eigenvalue weighted by atomic mass is 9.92. The second kappa shape index (κ2) is 9.16. The van der Waals surface area contributed by atoms with Crippen molar-refractivity contribution < 1.29 is 28.6 Å². The molecule has 0 radical (unpaired) electrons. The zero-order chi connectivity index (χ0) is 20.8. The Morgan fingerprint density at radius 2 is 2.00 bits per heavy atom. The van der Waals surface area contributed by atoms with Crippen LogP contribution in [0.15, 0.2) is 30.5 Å². The number of aromatic hydroxyl groups is 1. The molecule has 0 unspecified atom stereocenters. The number of carbonyl (C=O) groups is 2. The normalized spacial score (nSPS) is 12.8. The van der Waals surface area contributed by atoms with Crippen LogP contribution < -0.4 is 10.1 Å². The SMILES string of the molecule is COc1ccnc(C(=O)NCC(=O)O[C@@H](C)[C@@H](C)c2ccc(F)cc2C)c1O. The Bertz CT molecular complexity index is 872. The van der Waals surface area contributed by atoms with Gasteiger partial charge in [0.2, 0.25) is 0 Å². The van der Waals surface area contributed by atoms with E-state index in [0.717, 1.165) is 11.1 Å². The zero-order valence-electron chi connectivity index (χ0n) is 16.2. The van der Waals surface area contributed by atoms with E-state index in [1.165, 1.54) is 31.5 Å². The van der Waals surface area contributed by atoms with Gasteiger partial charge in [-0.2, -0.15) is 0 Å². The van der Waals surface area contributed by atoms with Crippen molar-refractivity contribution in [2.75, 3.05) is 13.7 Å². The van der Waals surface area contributed by atoms with Gasteiger partial charge < -0.3 is 19.9 Å². The second-order valence-electron chi connectivity index (χ2n) is 6.38. The number of rotatable bonds is 7. The number of nitrogens with zero attached hydrogens (tertiary/aromatic N) is 1. The Morgan fingerprint density at radius 3 is 2.64 bits per heavy atom. The van der Waals surface area contributed by atoms with Gasteiger partial charge in [-0.3, -0.25) is 9.59 Å². The number of carbonyl (C=O) groups excluding carboxylic acids is 2. The molecule has 0 spiro atoms. The van der Waals surface area contributed by atoms with Crippen LogP contribution >= 0.6 is 0 Å². The molecule has 0 saturated carbocycles. The smallest absolute Gasteiger partial charge is 0.325 e. The molecule has 1 aromatic heterocycles. The lowest BCUT2D eigenvalue weighted by molar-refractivity contribution is -0.147. The Hall–Kier alpha value is -3.16. The summed E-state index contributed by atoms with van der Waals surface area (Å²) in [5.74, 6) is -2.18. The minimum atomic E-state index is -0.733. The molecule has 0 bridgehead atoms. The van der Waals surface area contributed by atoms with E-state index in [2.05, 4.69) is 10.3 Å². The number of hydrogen-bond donors (Lipinski definition) is 2. The first kappa shape index (κ1) is 21.1. The first-order chi connectivity index (χ1) is 13.2. The summed E-state index contributed by atoms with van der Waals surface area (Å²) in [6.45, 7) is 4.99. The minimum Gasteiger partial charge on any atom is -0.503 e. The van der Waals surface area contributed by atoms with Crippen molar-refractivity contribution in [3.63, 3.8) is 0 Å². The van der Waals surface area contributed by atoms with Gasteiger partial charge in [-0.1, -0.05) is 13.0 Å². The van der Waals surface area contributed by atoms with E-state index in [1.54, 1.807) is 19.9 Å². The van der Waals surface area contributed by atoms with E-state index in [-0.39, 0.29) is 23.2 Å². The summed E-state index contributed by atoms with van der Waals surface area (Å²) in [6, 6.07) is 5.86. The van der Waals surface area contributed by atoms with Gasteiger partial charge in [0.05, 0.1) is 7.11 Å². The fraction of sp³-hybridized carbons (Fsp3) is 0.350. The van der Waals surface area contributed by atoms with Crippen molar-refractivity contribution in [3.05, 3.63) is 53.1 Å². The van der Waals surface area contributed by atoms with Crippen LogP contribution in [-0.2, 0) is 9.53 Å². The Morgan fingerprint density at radius 1 is 1.29 bits per heavy atom. The van der Waals surface area contributed by atoms with Gasteiger partial charge in [-0.05, 0) is 37.1 Å². The van der Waals surface area contributed by atoms with E-state index < -0.39 is 30.3 Å². The highest BCUT2D eigenvalue weighted by Crippen LogP contribution is 2.27. The number of ether oxygens (including phenoxy) is 2. The number of esters is 1. The third kappa shape index (κ3) is 4.97. The number of methoxy groups -OCH3 is 1. The molecule has 7 nitrogen and oxygen atoms in total. The van der Waals surface area contributed by atoms with Gasteiger partial charge >= 0.3 is 5.97 Å². The molecule has 8 heteroatoms. The Labute approximate surface area is 162 Å². The maximum atomic E-state index is 13.3. The summed E-state index contributed by atoms with van der Waals surface area (Å²) >= 11 is 0. The van der Waals surface area contributed by atoms with E-state index in [0.29, 0.717) is 0 Å². The standard InChI is InChI=1S/C20H23FN2O5/c1-11-9-14(21)5-6-15(11)12(2)13(3)28-17(24)10-23-20(26)18-19(25)16(27-4)7-8-22-18/h5-9,12-13,25H,10H2,1-4H3,(H,23,26)/t12-,13+/m1/s1. The van der Waals surface area contributed by atoms with E-state index in [4.69, 9.17) is 9.47 Å². The van der Waals surface area contributed by atoms with Crippen molar-refractivity contribution in [1.82, 2.24) is 10.3 Å². The molecule has 2 atom stereocenters. The molecule has 0 fully saturated rings. The maximum absolute atomic E-state index is 13.3. The number of aromatic nitrogens is 1. The van der Waals surface area contributed by atoms with Gasteiger partial charge in [0.1, 0.15) is 18.5 Å². The summed E-state index contributed by atoms with van der Waals surface area (Å²) in [5, 5.41) is 12.3. The number of amides is 1. The van der Waals surface area contributed by atoms with E-state index in [9.17, 15) is 19.1 Å². The van der Waals surface area contributed by atoms with Crippen molar-refractivity contribution in [3.8, 4) is 11.5 Å². The molecule has 1 heterocycles. The molecule has 1 aromatic carbocycles. The fourth-order valence-corrected chi connectivity index (χ4v) is 2.76. The highest BCUT2D eigenvalue weighted by Gasteiger charge is 2.22. The molecule has 150 valence electrons. The van der Waals surface area contributed by atoms with Gasteiger partial charge in [-0.15, -0.1) is 0 Å². The van der Waals surface area contributed by atoms with E-state index >= 15 is 0 Å². The quantitative estimate of drug-likeness (QED) is 0.706. The average Bonchev–Trinajstić information content (AvgIpc) is 2.65. The number of pyridine rings is 1. The number of benzene rings is 1. The van der Waals surface area contributed by atoms with Crippen LogP contribution in [0.5, 0.6) is 11.5 Å². The number of aryl methyl sites for hydroxylation is 1. The second-order valence-corrected chi connectivity index (χ2v) is 6.38. The third-order valence-corrected chi connectivity index (χ3v) is 4.46. The molecule has 2 aromatic rings. The van der Waals surface area contributed by atoms with Crippen molar-refractivity contribution >= 4 is 11.9 Å². The topological polar surface area (TPSA) is 97.8 Å². The first-order valence-corrected chi connectivity index (χ1v) is 8.70. The van der Waals surface area contributed by atoms with Gasteiger partial charge in [0.25, 0.3) is 5.91 Å². The lowest BCUT2D eigenvalue weighted by Crippen LogP contribution is -2.33. The van der Waals surface area contributed by atoms with E-state index in [1.807, 2.05) is 6.92 Å². The summed E-state index contributed by atoms with van der Waals surface area (Å²) in [7, 11) is 1.35. The van der Waals surface area contributed by atoms with Crippen LogP contribution in [0.1, 0.15) is 41.4 Å². The summed E-state index contributed by atoms with van der Waals surface area (Å²) in [4.78, 5) is 28.0. The molecule has 2 N–H and O–H groups in total. The predicted octanol–water partition coefficient (Wildman–Crippen LogP) is 2.71. The van der Waals surface area contributed by atoms with Gasteiger partial charge in [-0.25, -0.2) is 9.37 Å². The minimum absolute atomic E-state index is 0.0971. The summed E-state index contributed by atoms with van der Waals surface area (Å²) < 4.78 is 23.5. The van der Waals surface area contributed by atoms with Crippen molar-refractivity contribution in [2.24, 2.45) is 0 Å². The van der Waals surface area contributed by atoms with Crippen LogP contribution in [0.25, 0.3) is 0 Å². The molecule has 0 saturated heterocycles. The van der Waals surface area contributed by atoms with Crippen LogP contribution in [0, 0.1) is 12.7 Å². The Kier molecular flexibility index (Phi) is 6.92. The molecule has 0 aliphatic heterocycles. The average molecular weight is 390 g/mol. The highest BCUT2D eigenvalue weighted by atomic mass is 19.1. The summed E-state index contributed by atoms with van der Waals surface area (Å²) in [5.41, 5.74) is 1.38. The van der Waals surface area contributed by atoms with Crippen molar-refractivity contribution in [1.29, 1.82) is 0 Å². The monoisotopic (exact) mass is 390 g/mol. The van der Waals surface area contributed by atoms with Crippen molar-refractivity contribution in [2.45, 2.75) is 32.8 Å². The summed E-state index contributed by atoms with van der Waals surface area (Å²) in [6.07, 6.45) is 0.817. The molecule has 28 heavy (non-hydrogen) atoms. The molecule has 1 amide bonds. The lowest BCUT2D eigenvalue weighted by Gasteiger charge is -2.22. The molecule has 2 rings (SSSR count). The first-order valence-electron chi connectivity index (χ1n) is 8.70. The van der Waals surface area contributed by atoms with Crippen LogP contribution in [0.2, 0.25) is 0 Å². The zero-order valence-corrected chi connectivity index (χ0v) is 16.2. The molecule has 0 aliphatic rings. The number of hydrogen-bond acceptors (Lipinski definition) is 6. The van der Waals surface area contributed by atoms with Gasteiger partial charge in [0.15, 0.2) is 17.2 Å². The third-order valence-electron chi connectivity index (χ3n) is 4.46. The van der Waals surface area contributed by atoms with Crippen LogP contribution in [0.4, 0.5) is 4.39 Å². The molecular weight excluding hydrogens is 367 g/mol. The maximum Gasteiger partial charge on any atom is 0.325 e. The van der Waals surface area contributed by atoms with Crippen LogP contribution in [0.3, 0.4) is 0 Å². The molecule has 0 aliphatic carbocycles. The van der Waals surface area contributed by atoms with Gasteiger partial charge in [0, 0.05) is 18.2 Å². The Balaban J connectivity index is 1.94. The predicted molar refractivity (Wildman–Crippen MR) is 99.9 cm³/mol. The fourth-order valence-electron chi connectivity index (χ4n) is 2.76. The van der Waals surface area contributed by atoms with Crippen LogP contribution in [-0.4, -0.2) is 41.7 Å². The molecular formula is C20H23FN2O5. The highest BCUT2D eigenvalue weighted by molar-refractivity contribution is 5.97.